The van der Waals surface area contributed by atoms with Crippen LogP contribution >= 0.6 is 0 Å². The maximum atomic E-state index is 12.7. The number of unbranched alkanes of at least 4 members (excludes halogenated alkanes) is 29. The van der Waals surface area contributed by atoms with Crippen LogP contribution in [0.3, 0.4) is 0 Å². The first-order valence-electron chi connectivity index (χ1n) is 23.4. The molecule has 6 heteroatoms. The lowest BCUT2D eigenvalue weighted by Crippen LogP contribution is -2.30. The highest BCUT2D eigenvalue weighted by Crippen LogP contribution is 2.16. The van der Waals surface area contributed by atoms with Gasteiger partial charge in [-0.05, 0) is 25.2 Å². The molecule has 0 unspecified atom stereocenters. The number of ether oxygens (including phenoxy) is 3. The fourth-order valence-electron chi connectivity index (χ4n) is 6.98. The van der Waals surface area contributed by atoms with Crippen LogP contribution in [-0.4, -0.2) is 37.2 Å². The molecule has 1 atom stereocenters. The Bertz CT molecular complexity index is 796. The Morgan fingerprint density at radius 3 is 0.925 bits per heavy atom. The Labute approximate surface area is 329 Å². The summed E-state index contributed by atoms with van der Waals surface area (Å²) in [5, 5.41) is 0. The van der Waals surface area contributed by atoms with Crippen molar-refractivity contribution < 1.29 is 28.6 Å². The second kappa shape index (κ2) is 41.6. The first kappa shape index (κ1) is 51.4. The van der Waals surface area contributed by atoms with E-state index in [1.54, 1.807) is 0 Å². The molecule has 0 N–H and O–H groups in total. The van der Waals surface area contributed by atoms with Crippen molar-refractivity contribution in [3.63, 3.8) is 0 Å². The summed E-state index contributed by atoms with van der Waals surface area (Å²) in [5.74, 6) is -0.0675. The first-order valence-corrected chi connectivity index (χ1v) is 23.4. The predicted octanol–water partition coefficient (Wildman–Crippen LogP) is 14.7. The third kappa shape index (κ3) is 41.4. The van der Waals surface area contributed by atoms with Gasteiger partial charge in [0.25, 0.3) is 0 Å². The normalized spacial score (nSPS) is 11.9. The maximum Gasteiger partial charge on any atom is 0.306 e. The minimum atomic E-state index is -0.758. The molecule has 0 aromatic rings. The highest BCUT2D eigenvalue weighted by molar-refractivity contribution is 5.71. The molecule has 0 heterocycles. The fourth-order valence-corrected chi connectivity index (χ4v) is 6.98. The Hall–Kier alpha value is -1.59. The van der Waals surface area contributed by atoms with Gasteiger partial charge in [0, 0.05) is 19.3 Å². The molecule has 0 rings (SSSR count). The average Bonchev–Trinajstić information content (AvgIpc) is 3.14. The zero-order valence-electron chi connectivity index (χ0n) is 36.0. The van der Waals surface area contributed by atoms with Crippen molar-refractivity contribution >= 4 is 17.9 Å². The van der Waals surface area contributed by atoms with Gasteiger partial charge in [-0.25, -0.2) is 0 Å². The minimum absolute atomic E-state index is 0.0644. The second-order valence-electron chi connectivity index (χ2n) is 16.5. The van der Waals surface area contributed by atoms with E-state index in [2.05, 4.69) is 27.7 Å². The van der Waals surface area contributed by atoms with Gasteiger partial charge in [-0.1, -0.05) is 220 Å². The van der Waals surface area contributed by atoms with Crippen LogP contribution < -0.4 is 0 Å². The predicted molar refractivity (Wildman–Crippen MR) is 224 cm³/mol. The van der Waals surface area contributed by atoms with Crippen LogP contribution in [0, 0.1) is 5.92 Å². The zero-order chi connectivity index (χ0) is 38.9. The van der Waals surface area contributed by atoms with E-state index < -0.39 is 6.10 Å². The lowest BCUT2D eigenvalue weighted by molar-refractivity contribution is -0.167. The van der Waals surface area contributed by atoms with E-state index in [1.165, 1.54) is 154 Å². The largest absolute Gasteiger partial charge is 0.462 e. The molecule has 0 aromatic heterocycles. The molecule has 0 bridgehead atoms. The van der Waals surface area contributed by atoms with Crippen molar-refractivity contribution in [1.82, 2.24) is 0 Å². The number of rotatable bonds is 42. The SMILES string of the molecule is CCCCCCCCCCCCCCCCCCCC(=O)OC[C@H](COC(=O)CCCCCCCCC)OC(=O)CCCCCCCCCCC(C)C. The van der Waals surface area contributed by atoms with Crippen molar-refractivity contribution in [2.24, 2.45) is 5.92 Å². The quantitative estimate of drug-likeness (QED) is 0.0351. The highest BCUT2D eigenvalue weighted by atomic mass is 16.6. The summed E-state index contributed by atoms with van der Waals surface area (Å²) in [7, 11) is 0. The van der Waals surface area contributed by atoms with E-state index in [-0.39, 0.29) is 31.1 Å². The number of carbonyl (C=O) groups excluding carboxylic acids is 3. The molecular weight excluding hydrogens is 661 g/mol. The molecule has 0 aliphatic rings. The van der Waals surface area contributed by atoms with Crippen molar-refractivity contribution in [1.29, 1.82) is 0 Å². The summed E-state index contributed by atoms with van der Waals surface area (Å²) in [6.45, 7) is 8.93. The summed E-state index contributed by atoms with van der Waals surface area (Å²) in [5.41, 5.74) is 0. The van der Waals surface area contributed by atoms with Crippen molar-refractivity contribution in [2.45, 2.75) is 265 Å². The van der Waals surface area contributed by atoms with Crippen molar-refractivity contribution in [3.05, 3.63) is 0 Å². The molecule has 0 aromatic carbocycles. The summed E-state index contributed by atoms with van der Waals surface area (Å²) in [4.78, 5) is 37.6. The molecule has 0 amide bonds. The van der Waals surface area contributed by atoms with E-state index in [0.717, 1.165) is 63.7 Å². The summed E-state index contributed by atoms with van der Waals surface area (Å²) < 4.78 is 16.7. The minimum Gasteiger partial charge on any atom is -0.462 e. The van der Waals surface area contributed by atoms with Gasteiger partial charge in [0.05, 0.1) is 0 Å². The van der Waals surface area contributed by atoms with Crippen LogP contribution in [0.1, 0.15) is 259 Å². The molecule has 0 radical (unpaired) electrons. The van der Waals surface area contributed by atoms with Gasteiger partial charge in [0.15, 0.2) is 6.10 Å². The molecule has 53 heavy (non-hydrogen) atoms. The average molecular weight is 751 g/mol. The number of hydrogen-bond donors (Lipinski definition) is 0. The third-order valence-corrected chi connectivity index (χ3v) is 10.5. The van der Waals surface area contributed by atoms with Crippen LogP contribution in [0.5, 0.6) is 0 Å². The topological polar surface area (TPSA) is 78.9 Å². The summed E-state index contributed by atoms with van der Waals surface area (Å²) >= 11 is 0. The van der Waals surface area contributed by atoms with Gasteiger partial charge in [0.2, 0.25) is 0 Å². The number of carbonyl (C=O) groups is 3. The highest BCUT2D eigenvalue weighted by Gasteiger charge is 2.19. The van der Waals surface area contributed by atoms with E-state index in [9.17, 15) is 14.4 Å². The molecule has 0 spiro atoms. The number of esters is 3. The van der Waals surface area contributed by atoms with Gasteiger partial charge in [-0.2, -0.15) is 0 Å². The van der Waals surface area contributed by atoms with Crippen LogP contribution in [-0.2, 0) is 28.6 Å². The zero-order valence-corrected chi connectivity index (χ0v) is 36.0. The molecular formula is C47H90O6. The van der Waals surface area contributed by atoms with E-state index in [4.69, 9.17) is 14.2 Å². The molecule has 0 fully saturated rings. The van der Waals surface area contributed by atoms with Crippen molar-refractivity contribution in [2.75, 3.05) is 13.2 Å². The van der Waals surface area contributed by atoms with Gasteiger partial charge in [-0.15, -0.1) is 0 Å². The Balaban J connectivity index is 4.20. The standard InChI is InChI=1S/C47H90O6/c1-5-7-9-11-13-14-15-16-17-18-19-20-21-22-27-31-35-39-46(49)52-42-44(41-51-45(48)38-34-30-25-12-10-8-6-2)53-47(50)40-36-32-28-24-23-26-29-33-37-43(3)4/h43-44H,5-42H2,1-4H3/t44-/m0/s1. The Morgan fingerprint density at radius 2 is 0.623 bits per heavy atom. The summed E-state index contributed by atoms with van der Waals surface area (Å²) in [6.07, 6.45) is 41.1. The van der Waals surface area contributed by atoms with Gasteiger partial charge >= 0.3 is 17.9 Å². The van der Waals surface area contributed by atoms with Crippen LogP contribution in [0.15, 0.2) is 0 Å². The van der Waals surface area contributed by atoms with E-state index in [1.807, 2.05) is 0 Å². The van der Waals surface area contributed by atoms with E-state index in [0.29, 0.717) is 19.3 Å². The first-order chi connectivity index (χ1) is 25.9. The van der Waals surface area contributed by atoms with Gasteiger partial charge in [-0.3, -0.25) is 14.4 Å². The van der Waals surface area contributed by atoms with E-state index >= 15 is 0 Å². The molecule has 0 aliphatic carbocycles. The van der Waals surface area contributed by atoms with Crippen LogP contribution in [0.25, 0.3) is 0 Å². The second-order valence-corrected chi connectivity index (χ2v) is 16.5. The van der Waals surface area contributed by atoms with Gasteiger partial charge < -0.3 is 14.2 Å². The molecule has 0 saturated heterocycles. The maximum absolute atomic E-state index is 12.7. The molecule has 0 aliphatic heterocycles. The summed E-state index contributed by atoms with van der Waals surface area (Å²) in [6, 6.07) is 0. The third-order valence-electron chi connectivity index (χ3n) is 10.5. The smallest absolute Gasteiger partial charge is 0.306 e. The number of hydrogen-bond acceptors (Lipinski definition) is 6. The van der Waals surface area contributed by atoms with Crippen LogP contribution in [0.2, 0.25) is 0 Å². The Morgan fingerprint density at radius 1 is 0.358 bits per heavy atom. The van der Waals surface area contributed by atoms with Crippen LogP contribution in [0.4, 0.5) is 0 Å². The molecule has 0 saturated carbocycles. The fraction of sp³-hybridized carbons (Fsp3) is 0.936. The monoisotopic (exact) mass is 751 g/mol. The van der Waals surface area contributed by atoms with Gasteiger partial charge in [0.1, 0.15) is 13.2 Å². The molecule has 6 nitrogen and oxygen atoms in total. The van der Waals surface area contributed by atoms with Crippen molar-refractivity contribution in [3.8, 4) is 0 Å². The lowest BCUT2D eigenvalue weighted by Gasteiger charge is -2.18. The Kier molecular flexibility index (Phi) is 40.3. The molecule has 314 valence electrons. The lowest BCUT2D eigenvalue weighted by atomic mass is 10.0.